The molecule has 2 amide bonds. The Morgan fingerprint density at radius 1 is 1.15 bits per heavy atom. The number of fused-ring (bicyclic) bond motifs is 3. The van der Waals surface area contributed by atoms with E-state index >= 15 is 0 Å². The second kappa shape index (κ2) is 6.83. The fourth-order valence-corrected chi connectivity index (χ4v) is 3.67. The van der Waals surface area contributed by atoms with Crippen molar-refractivity contribution in [1.82, 2.24) is 9.47 Å². The topological polar surface area (TPSA) is 46.5 Å². The summed E-state index contributed by atoms with van der Waals surface area (Å²) in [5.74, 6) is 0.653. The third kappa shape index (κ3) is 3.05. The number of carbonyl (C=O) groups excluding carboxylic acids is 1. The van der Waals surface area contributed by atoms with E-state index in [-0.39, 0.29) is 12.1 Å². The van der Waals surface area contributed by atoms with Crippen LogP contribution in [-0.2, 0) is 6.54 Å². The van der Waals surface area contributed by atoms with Gasteiger partial charge in [-0.25, -0.2) is 4.79 Å². The zero-order valence-electron chi connectivity index (χ0n) is 15.8. The molecule has 0 aliphatic carbocycles. The van der Waals surface area contributed by atoms with Gasteiger partial charge in [0, 0.05) is 11.9 Å². The molecule has 0 saturated carbocycles. The van der Waals surface area contributed by atoms with Gasteiger partial charge in [-0.3, -0.25) is 0 Å². The van der Waals surface area contributed by atoms with E-state index in [0.717, 1.165) is 22.5 Å². The summed E-state index contributed by atoms with van der Waals surface area (Å²) in [4.78, 5) is 15.1. The molecular formula is C22H23N3O2. The van der Waals surface area contributed by atoms with E-state index in [1.807, 2.05) is 48.2 Å². The molecule has 0 bridgehead atoms. The Morgan fingerprint density at radius 3 is 2.78 bits per heavy atom. The summed E-state index contributed by atoms with van der Waals surface area (Å²) in [6, 6.07) is 17.9. The molecule has 2 aromatic carbocycles. The maximum absolute atomic E-state index is 13.2. The second-order valence-corrected chi connectivity index (χ2v) is 6.87. The Morgan fingerprint density at radius 2 is 1.96 bits per heavy atom. The Kier molecular flexibility index (Phi) is 4.36. The van der Waals surface area contributed by atoms with Crippen LogP contribution < -0.4 is 10.1 Å². The maximum Gasteiger partial charge on any atom is 0.322 e. The molecule has 4 rings (SSSR count). The summed E-state index contributed by atoms with van der Waals surface area (Å²) < 4.78 is 7.57. The lowest BCUT2D eigenvalue weighted by atomic mass is 10.1. The lowest BCUT2D eigenvalue weighted by Gasteiger charge is -2.28. The molecule has 0 fully saturated rings. The van der Waals surface area contributed by atoms with Gasteiger partial charge < -0.3 is 19.5 Å². The zero-order valence-corrected chi connectivity index (χ0v) is 15.8. The minimum atomic E-state index is -0.143. The fraction of sp³-hybridized carbons (Fsp3) is 0.227. The number of aryl methyl sites for hydroxylation is 1. The molecule has 1 unspecified atom stereocenters. The predicted molar refractivity (Wildman–Crippen MR) is 106 cm³/mol. The van der Waals surface area contributed by atoms with Crippen LogP contribution >= 0.6 is 0 Å². The van der Waals surface area contributed by atoms with Gasteiger partial charge in [-0.05, 0) is 55.3 Å². The van der Waals surface area contributed by atoms with Crippen LogP contribution in [0.3, 0.4) is 0 Å². The van der Waals surface area contributed by atoms with Crippen LogP contribution in [-0.4, -0.2) is 22.6 Å². The molecular weight excluding hydrogens is 338 g/mol. The number of rotatable bonds is 2. The summed E-state index contributed by atoms with van der Waals surface area (Å²) in [6.45, 7) is 4.59. The quantitative estimate of drug-likeness (QED) is 0.705. The molecule has 3 aromatic rings. The molecule has 1 aromatic heterocycles. The Hall–Kier alpha value is -3.21. The number of para-hydroxylation sites is 1. The number of amides is 2. The maximum atomic E-state index is 13.2. The van der Waals surface area contributed by atoms with Gasteiger partial charge in [0.15, 0.2) is 0 Å². The van der Waals surface area contributed by atoms with E-state index in [4.69, 9.17) is 4.74 Å². The molecule has 1 aliphatic heterocycles. The van der Waals surface area contributed by atoms with Crippen LogP contribution in [0.15, 0.2) is 60.8 Å². The molecule has 0 saturated heterocycles. The van der Waals surface area contributed by atoms with Crippen molar-refractivity contribution < 1.29 is 9.53 Å². The van der Waals surface area contributed by atoms with Gasteiger partial charge in [0.1, 0.15) is 5.75 Å². The first kappa shape index (κ1) is 17.2. The average Bonchev–Trinajstić information content (AvgIpc) is 3.11. The Balaban J connectivity index is 1.70. The molecule has 2 heterocycles. The molecule has 138 valence electrons. The second-order valence-electron chi connectivity index (χ2n) is 6.87. The first-order valence-corrected chi connectivity index (χ1v) is 9.06. The van der Waals surface area contributed by atoms with Crippen LogP contribution in [0.5, 0.6) is 5.75 Å². The minimum Gasteiger partial charge on any atom is -0.495 e. The number of carbonyl (C=O) groups is 1. The van der Waals surface area contributed by atoms with Crippen LogP contribution in [0.1, 0.15) is 29.8 Å². The van der Waals surface area contributed by atoms with Crippen LogP contribution in [0.4, 0.5) is 10.5 Å². The largest absolute Gasteiger partial charge is 0.495 e. The van der Waals surface area contributed by atoms with E-state index in [9.17, 15) is 4.79 Å². The zero-order chi connectivity index (χ0) is 19.0. The van der Waals surface area contributed by atoms with Gasteiger partial charge in [0.2, 0.25) is 0 Å². The molecule has 0 spiro atoms. The Bertz CT molecular complexity index is 993. The van der Waals surface area contributed by atoms with Crippen LogP contribution in [0.2, 0.25) is 0 Å². The molecule has 0 radical (unpaired) electrons. The average molecular weight is 361 g/mol. The number of benzene rings is 2. The number of urea groups is 1. The van der Waals surface area contributed by atoms with Crippen LogP contribution in [0.25, 0.3) is 5.69 Å². The van der Waals surface area contributed by atoms with Crippen molar-refractivity contribution >= 4 is 11.7 Å². The van der Waals surface area contributed by atoms with Crippen molar-refractivity contribution in [3.05, 3.63) is 77.6 Å². The van der Waals surface area contributed by atoms with E-state index in [2.05, 4.69) is 41.2 Å². The number of hydrogen-bond donors (Lipinski definition) is 1. The lowest BCUT2D eigenvalue weighted by Crippen LogP contribution is -2.36. The highest BCUT2D eigenvalue weighted by Crippen LogP contribution is 2.33. The monoisotopic (exact) mass is 361 g/mol. The molecule has 1 atom stereocenters. The molecule has 27 heavy (non-hydrogen) atoms. The first-order valence-electron chi connectivity index (χ1n) is 9.06. The minimum absolute atomic E-state index is 0.0665. The third-order valence-electron chi connectivity index (χ3n) is 5.13. The normalized spacial score (nSPS) is 15.5. The summed E-state index contributed by atoms with van der Waals surface area (Å²) in [6.07, 6.45) is 2.05. The van der Waals surface area contributed by atoms with Crippen molar-refractivity contribution in [1.29, 1.82) is 0 Å². The van der Waals surface area contributed by atoms with E-state index in [1.165, 1.54) is 0 Å². The van der Waals surface area contributed by atoms with Crippen molar-refractivity contribution in [3.63, 3.8) is 0 Å². The lowest BCUT2D eigenvalue weighted by molar-refractivity contribution is 0.189. The summed E-state index contributed by atoms with van der Waals surface area (Å²) >= 11 is 0. The number of ether oxygens (including phenoxy) is 1. The molecule has 5 heteroatoms. The number of hydrogen-bond acceptors (Lipinski definition) is 2. The smallest absolute Gasteiger partial charge is 0.322 e. The van der Waals surface area contributed by atoms with E-state index in [1.54, 1.807) is 7.11 Å². The third-order valence-corrected chi connectivity index (χ3v) is 5.13. The van der Waals surface area contributed by atoms with E-state index in [0.29, 0.717) is 18.0 Å². The van der Waals surface area contributed by atoms with Crippen LogP contribution in [0, 0.1) is 6.92 Å². The summed E-state index contributed by atoms with van der Waals surface area (Å²) in [5.41, 5.74) is 5.07. The SMILES string of the molecule is COc1ccc(C)cc1NC(=O)N1Cc2ccccc2-n2cccc2C1C. The highest BCUT2D eigenvalue weighted by Gasteiger charge is 2.29. The van der Waals surface area contributed by atoms with Gasteiger partial charge in [-0.1, -0.05) is 24.3 Å². The Labute approximate surface area is 159 Å². The van der Waals surface area contributed by atoms with Crippen molar-refractivity contribution in [3.8, 4) is 11.4 Å². The summed E-state index contributed by atoms with van der Waals surface area (Å²) in [7, 11) is 1.61. The molecule has 1 N–H and O–H groups in total. The number of methoxy groups -OCH3 is 1. The number of anilines is 1. The highest BCUT2D eigenvalue weighted by atomic mass is 16.5. The van der Waals surface area contributed by atoms with Crippen molar-refractivity contribution in [2.75, 3.05) is 12.4 Å². The molecule has 5 nitrogen and oxygen atoms in total. The van der Waals surface area contributed by atoms with Gasteiger partial charge in [-0.15, -0.1) is 0 Å². The number of nitrogens with zero attached hydrogens (tertiary/aromatic N) is 2. The van der Waals surface area contributed by atoms with Gasteiger partial charge in [0.25, 0.3) is 0 Å². The number of nitrogens with one attached hydrogen (secondary N) is 1. The predicted octanol–water partition coefficient (Wildman–Crippen LogP) is 4.90. The van der Waals surface area contributed by atoms with Crippen molar-refractivity contribution in [2.45, 2.75) is 26.4 Å². The van der Waals surface area contributed by atoms with Gasteiger partial charge in [0.05, 0.1) is 31.1 Å². The van der Waals surface area contributed by atoms with E-state index < -0.39 is 0 Å². The first-order chi connectivity index (χ1) is 13.1. The summed E-state index contributed by atoms with van der Waals surface area (Å²) in [5, 5.41) is 3.04. The van der Waals surface area contributed by atoms with Gasteiger partial charge in [-0.2, -0.15) is 0 Å². The van der Waals surface area contributed by atoms with Gasteiger partial charge >= 0.3 is 6.03 Å². The number of aromatic nitrogens is 1. The fourth-order valence-electron chi connectivity index (χ4n) is 3.67. The highest BCUT2D eigenvalue weighted by molar-refractivity contribution is 5.91. The standard InChI is InChI=1S/C22H23N3O2/c1-15-10-11-21(27-3)18(13-15)23-22(26)25-14-17-7-4-5-8-20(17)24-12-6-9-19(24)16(25)2/h4-13,16H,14H2,1-3H3,(H,23,26). The van der Waals surface area contributed by atoms with Crippen molar-refractivity contribution in [2.24, 2.45) is 0 Å². The molecule has 1 aliphatic rings.